The van der Waals surface area contributed by atoms with Gasteiger partial charge in [-0.25, -0.2) is 0 Å². The van der Waals surface area contributed by atoms with E-state index in [1.54, 1.807) is 0 Å². The van der Waals surface area contributed by atoms with Crippen LogP contribution < -0.4 is 5.32 Å². The molecule has 3 N–H and O–H groups in total. The summed E-state index contributed by atoms with van der Waals surface area (Å²) >= 11 is 0. The van der Waals surface area contributed by atoms with E-state index in [1.807, 2.05) is 0 Å². The van der Waals surface area contributed by atoms with Gasteiger partial charge in [-0.2, -0.15) is 0 Å². The number of nitrogens with one attached hydrogen (secondary N) is 1. The number of aliphatic hydroxyl groups is 2. The first kappa shape index (κ1) is 55.6. The van der Waals surface area contributed by atoms with Gasteiger partial charge in [-0.15, -0.1) is 0 Å². The van der Waals surface area contributed by atoms with Crippen LogP contribution in [0.25, 0.3) is 0 Å². The number of ether oxygens (including phenoxy) is 1. The summed E-state index contributed by atoms with van der Waals surface area (Å²) in [4.78, 5) is 24.5. The Kier molecular flexibility index (Phi) is 46.1. The van der Waals surface area contributed by atoms with Crippen LogP contribution in [0.15, 0.2) is 12.2 Å². The highest BCUT2D eigenvalue weighted by atomic mass is 16.5. The van der Waals surface area contributed by atoms with Crippen LogP contribution >= 0.6 is 0 Å². The minimum absolute atomic E-state index is 0.0142. The van der Waals surface area contributed by atoms with Gasteiger partial charge in [0.25, 0.3) is 0 Å². The Labute approximate surface area is 355 Å². The van der Waals surface area contributed by atoms with Gasteiger partial charge in [0.1, 0.15) is 0 Å². The minimum Gasteiger partial charge on any atom is -0.466 e. The van der Waals surface area contributed by atoms with E-state index in [1.165, 1.54) is 186 Å². The van der Waals surface area contributed by atoms with Gasteiger partial charge in [-0.3, -0.25) is 9.59 Å². The van der Waals surface area contributed by atoms with Crippen molar-refractivity contribution in [2.45, 2.75) is 289 Å². The fraction of sp³-hybridized carbons (Fsp3) is 0.922. The highest BCUT2D eigenvalue weighted by Gasteiger charge is 2.20. The molecule has 0 aliphatic rings. The minimum atomic E-state index is -0.674. The molecular formula is C51H99NO5. The predicted molar refractivity (Wildman–Crippen MR) is 246 cm³/mol. The van der Waals surface area contributed by atoms with Crippen LogP contribution in [0.4, 0.5) is 0 Å². The van der Waals surface area contributed by atoms with Gasteiger partial charge < -0.3 is 20.3 Å². The molecule has 0 saturated heterocycles. The van der Waals surface area contributed by atoms with Gasteiger partial charge in [0.15, 0.2) is 0 Å². The molecule has 6 heteroatoms. The van der Waals surface area contributed by atoms with Crippen molar-refractivity contribution in [3.63, 3.8) is 0 Å². The number of amides is 1. The van der Waals surface area contributed by atoms with Crippen LogP contribution in [-0.4, -0.2) is 47.4 Å². The summed E-state index contributed by atoms with van der Waals surface area (Å²) in [5.74, 6) is -0.0693. The first-order chi connectivity index (χ1) is 28.0. The number of rotatable bonds is 47. The van der Waals surface area contributed by atoms with E-state index >= 15 is 0 Å². The van der Waals surface area contributed by atoms with Gasteiger partial charge in [-0.05, 0) is 51.4 Å². The van der Waals surface area contributed by atoms with E-state index in [0.717, 1.165) is 57.8 Å². The molecule has 57 heavy (non-hydrogen) atoms. The quantitative estimate of drug-likeness (QED) is 0.0323. The molecule has 0 spiro atoms. The number of unbranched alkanes of at least 4 members (excludes halogenated alkanes) is 34. The Morgan fingerprint density at radius 2 is 0.825 bits per heavy atom. The Bertz CT molecular complexity index is 847. The highest BCUT2D eigenvalue weighted by molar-refractivity contribution is 5.76. The molecule has 0 radical (unpaired) electrons. The molecule has 0 aliphatic carbocycles. The summed E-state index contributed by atoms with van der Waals surface area (Å²) in [5.41, 5.74) is 0. The summed E-state index contributed by atoms with van der Waals surface area (Å²) in [7, 11) is 0. The maximum Gasteiger partial charge on any atom is 0.305 e. The van der Waals surface area contributed by atoms with E-state index in [0.29, 0.717) is 25.9 Å². The predicted octanol–water partition coefficient (Wildman–Crippen LogP) is 15.0. The molecule has 0 fully saturated rings. The second-order valence-corrected chi connectivity index (χ2v) is 17.5. The monoisotopic (exact) mass is 806 g/mol. The number of carbonyl (C=O) groups excluding carboxylic acids is 2. The molecule has 0 bridgehead atoms. The van der Waals surface area contributed by atoms with Gasteiger partial charge in [0, 0.05) is 12.8 Å². The third-order valence-corrected chi connectivity index (χ3v) is 11.8. The first-order valence-electron chi connectivity index (χ1n) is 25.4. The largest absolute Gasteiger partial charge is 0.466 e. The number of esters is 1. The van der Waals surface area contributed by atoms with Crippen molar-refractivity contribution in [1.29, 1.82) is 0 Å². The molecule has 0 aromatic rings. The van der Waals surface area contributed by atoms with E-state index in [4.69, 9.17) is 4.74 Å². The molecule has 1 amide bonds. The normalized spacial score (nSPS) is 12.7. The maximum atomic E-state index is 12.4. The van der Waals surface area contributed by atoms with Crippen LogP contribution in [0.3, 0.4) is 0 Å². The molecule has 0 heterocycles. The van der Waals surface area contributed by atoms with E-state index in [9.17, 15) is 19.8 Å². The Morgan fingerprint density at radius 1 is 0.474 bits per heavy atom. The summed E-state index contributed by atoms with van der Waals surface area (Å²) in [6.45, 7) is 4.89. The summed E-state index contributed by atoms with van der Waals surface area (Å²) in [6, 6.07) is -0.553. The lowest BCUT2D eigenvalue weighted by Crippen LogP contribution is -2.45. The van der Waals surface area contributed by atoms with Gasteiger partial charge in [-0.1, -0.05) is 225 Å². The van der Waals surface area contributed by atoms with Crippen molar-refractivity contribution >= 4 is 11.9 Å². The third-order valence-electron chi connectivity index (χ3n) is 11.8. The van der Waals surface area contributed by atoms with Crippen molar-refractivity contribution in [2.24, 2.45) is 0 Å². The average molecular weight is 806 g/mol. The Balaban J connectivity index is 3.42. The molecule has 0 rings (SSSR count). The average Bonchev–Trinajstić information content (AvgIpc) is 3.21. The van der Waals surface area contributed by atoms with Crippen molar-refractivity contribution < 1.29 is 24.5 Å². The summed E-state index contributed by atoms with van der Waals surface area (Å²) in [5, 5.41) is 23.1. The van der Waals surface area contributed by atoms with Crippen LogP contribution in [0.5, 0.6) is 0 Å². The molecule has 0 aliphatic heterocycles. The van der Waals surface area contributed by atoms with Crippen LogP contribution in [-0.2, 0) is 14.3 Å². The number of allylic oxidation sites excluding steroid dienone is 2. The van der Waals surface area contributed by atoms with Gasteiger partial charge >= 0.3 is 5.97 Å². The lowest BCUT2D eigenvalue weighted by Gasteiger charge is -2.22. The highest BCUT2D eigenvalue weighted by Crippen LogP contribution is 2.16. The number of hydrogen-bond acceptors (Lipinski definition) is 5. The topological polar surface area (TPSA) is 95.9 Å². The molecule has 2 atom stereocenters. The third kappa shape index (κ3) is 44.0. The van der Waals surface area contributed by atoms with Crippen molar-refractivity contribution in [2.75, 3.05) is 13.2 Å². The van der Waals surface area contributed by atoms with Crippen LogP contribution in [0.1, 0.15) is 277 Å². The van der Waals surface area contributed by atoms with Crippen molar-refractivity contribution in [1.82, 2.24) is 5.32 Å². The van der Waals surface area contributed by atoms with Gasteiger partial charge in [0.05, 0.1) is 25.4 Å². The standard InChI is InChI=1S/C51H99NO5/c1-3-5-7-9-11-13-15-16-17-18-19-20-21-22-25-29-33-37-41-45-51(56)57-46-42-38-34-30-26-23-24-28-32-36-40-44-50(55)52-48(47-53)49(54)43-39-35-31-27-14-12-10-8-6-4-2/h16-17,48-49,53-54H,3-15,18-47H2,1-2H3,(H,52,55)/b17-16-. The van der Waals surface area contributed by atoms with E-state index in [-0.39, 0.29) is 18.5 Å². The molecule has 0 aromatic carbocycles. The lowest BCUT2D eigenvalue weighted by molar-refractivity contribution is -0.143. The molecule has 338 valence electrons. The molecule has 0 saturated carbocycles. The Morgan fingerprint density at radius 3 is 1.25 bits per heavy atom. The van der Waals surface area contributed by atoms with Crippen LogP contribution in [0, 0.1) is 0 Å². The van der Waals surface area contributed by atoms with Crippen molar-refractivity contribution in [3.05, 3.63) is 12.2 Å². The smallest absolute Gasteiger partial charge is 0.305 e. The fourth-order valence-corrected chi connectivity index (χ4v) is 7.87. The zero-order valence-electron chi connectivity index (χ0n) is 38.3. The Hall–Kier alpha value is -1.40. The van der Waals surface area contributed by atoms with Gasteiger partial charge in [0.2, 0.25) is 5.91 Å². The molecule has 6 nitrogen and oxygen atoms in total. The number of carbonyl (C=O) groups is 2. The second-order valence-electron chi connectivity index (χ2n) is 17.5. The first-order valence-corrected chi connectivity index (χ1v) is 25.4. The number of aliphatic hydroxyl groups excluding tert-OH is 2. The maximum absolute atomic E-state index is 12.4. The van der Waals surface area contributed by atoms with Crippen LogP contribution in [0.2, 0.25) is 0 Å². The lowest BCUT2D eigenvalue weighted by atomic mass is 10.0. The summed E-state index contributed by atoms with van der Waals surface area (Å²) < 4.78 is 5.47. The molecule has 2 unspecified atom stereocenters. The van der Waals surface area contributed by atoms with E-state index in [2.05, 4.69) is 31.3 Å². The fourth-order valence-electron chi connectivity index (χ4n) is 7.87. The SMILES string of the molecule is CCCCCCCC/C=C\CCCCCCCCCCCC(=O)OCCCCCCCCCCCCCC(=O)NC(CO)C(O)CCCCCCCCCCCC. The zero-order valence-corrected chi connectivity index (χ0v) is 38.3. The molecular weight excluding hydrogens is 707 g/mol. The zero-order chi connectivity index (χ0) is 41.5. The second kappa shape index (κ2) is 47.3. The van der Waals surface area contributed by atoms with Crippen molar-refractivity contribution in [3.8, 4) is 0 Å². The van der Waals surface area contributed by atoms with E-state index < -0.39 is 12.1 Å². The number of hydrogen-bond donors (Lipinski definition) is 3. The summed E-state index contributed by atoms with van der Waals surface area (Å²) in [6.07, 6.45) is 53.2. The molecule has 0 aromatic heterocycles.